The number of para-hydroxylation sites is 2. The lowest BCUT2D eigenvalue weighted by atomic mass is 10.3. The van der Waals surface area contributed by atoms with Crippen LogP contribution in [0.4, 0.5) is 16.4 Å². The molecule has 0 spiro atoms. The highest BCUT2D eigenvalue weighted by atomic mass is 32.2. The van der Waals surface area contributed by atoms with E-state index >= 15 is 0 Å². The molecule has 0 saturated carbocycles. The molecule has 0 bridgehead atoms. The highest BCUT2D eigenvalue weighted by molar-refractivity contribution is 7.88. The second kappa shape index (κ2) is 8.51. The number of carbonyl (C=O) groups excluding carboxylic acids is 1. The molecule has 146 valence electrons. The van der Waals surface area contributed by atoms with Gasteiger partial charge in [-0.2, -0.15) is 22.7 Å². The number of nitrogens with zero attached hydrogens (tertiary/aromatic N) is 3. The summed E-state index contributed by atoms with van der Waals surface area (Å²) >= 11 is 0. The topological polar surface area (TPSA) is 140 Å². The number of anilines is 2. The summed E-state index contributed by atoms with van der Waals surface area (Å²) in [6, 6.07) is 5.94. The summed E-state index contributed by atoms with van der Waals surface area (Å²) in [5, 5.41) is 2.18. The van der Waals surface area contributed by atoms with E-state index in [0.717, 1.165) is 0 Å². The molecule has 0 unspecified atom stereocenters. The number of carbonyl (C=O) groups is 1. The van der Waals surface area contributed by atoms with Crippen molar-refractivity contribution in [2.24, 2.45) is 0 Å². The Bertz CT molecular complexity index is 898. The number of benzene rings is 1. The second-order valence-electron chi connectivity index (χ2n) is 4.85. The number of methoxy groups -OCH3 is 2. The van der Waals surface area contributed by atoms with E-state index < -0.39 is 16.3 Å². The van der Waals surface area contributed by atoms with E-state index in [1.165, 1.54) is 38.5 Å². The van der Waals surface area contributed by atoms with E-state index in [0.29, 0.717) is 0 Å². The average molecular weight is 398 g/mol. The predicted molar refractivity (Wildman–Crippen MR) is 95.8 cm³/mol. The highest BCUT2D eigenvalue weighted by Crippen LogP contribution is 2.30. The fourth-order valence-electron chi connectivity index (χ4n) is 2.06. The third kappa shape index (κ3) is 4.95. The van der Waals surface area contributed by atoms with E-state index in [-0.39, 0.29) is 40.1 Å². The molecule has 1 heterocycles. The molecule has 1 aromatic carbocycles. The summed E-state index contributed by atoms with van der Waals surface area (Å²) in [6.45, 7) is 1.90. The number of amides is 2. The first-order chi connectivity index (χ1) is 12.8. The van der Waals surface area contributed by atoms with Gasteiger partial charge in [0.05, 0.1) is 26.9 Å². The van der Waals surface area contributed by atoms with Crippen LogP contribution in [0.2, 0.25) is 0 Å². The standard InChI is InChI=1S/C15H18N4O7S/c1-4-26-11-8-6-5-7-10(11)19(27(21,22)23)15(20)18-14-16-12(24-2)9-13(17-14)25-3/h5-9H,4H2,1-3H3,(H,21,22,23)(H,16,17,18,20). The quantitative estimate of drug-likeness (QED) is 0.667. The monoisotopic (exact) mass is 398 g/mol. The average Bonchev–Trinajstić information content (AvgIpc) is 2.62. The number of nitrogens with one attached hydrogen (secondary N) is 1. The lowest BCUT2D eigenvalue weighted by Crippen LogP contribution is -2.40. The van der Waals surface area contributed by atoms with Crippen LogP contribution in [0.25, 0.3) is 0 Å². The van der Waals surface area contributed by atoms with Crippen molar-refractivity contribution in [2.45, 2.75) is 6.92 Å². The number of aromatic nitrogens is 2. The SMILES string of the molecule is CCOc1ccccc1N(C(=O)Nc1nc(OC)cc(OC)n1)S(=O)(=O)O. The maximum absolute atomic E-state index is 12.6. The Morgan fingerprint density at radius 2 is 1.78 bits per heavy atom. The normalized spacial score (nSPS) is 10.8. The molecule has 2 N–H and O–H groups in total. The molecule has 0 atom stereocenters. The first kappa shape index (κ1) is 20.2. The zero-order valence-corrected chi connectivity index (χ0v) is 15.6. The zero-order chi connectivity index (χ0) is 20.0. The van der Waals surface area contributed by atoms with Crippen molar-refractivity contribution in [3.05, 3.63) is 30.3 Å². The van der Waals surface area contributed by atoms with Gasteiger partial charge in [0.15, 0.2) is 0 Å². The third-order valence-corrected chi connectivity index (χ3v) is 3.94. The molecule has 2 amide bonds. The van der Waals surface area contributed by atoms with Crippen molar-refractivity contribution in [3.63, 3.8) is 0 Å². The van der Waals surface area contributed by atoms with Gasteiger partial charge in [0.1, 0.15) is 11.4 Å². The van der Waals surface area contributed by atoms with Crippen LogP contribution in [-0.2, 0) is 10.3 Å². The van der Waals surface area contributed by atoms with Gasteiger partial charge in [0, 0.05) is 0 Å². The van der Waals surface area contributed by atoms with Crippen LogP contribution in [-0.4, -0.2) is 49.8 Å². The number of hydrogen-bond acceptors (Lipinski definition) is 8. The summed E-state index contributed by atoms with van der Waals surface area (Å²) in [4.78, 5) is 20.3. The predicted octanol–water partition coefficient (Wildman–Crippen LogP) is 1.73. The van der Waals surface area contributed by atoms with Crippen molar-refractivity contribution in [3.8, 4) is 17.5 Å². The highest BCUT2D eigenvalue weighted by Gasteiger charge is 2.31. The molecular formula is C15H18N4O7S. The van der Waals surface area contributed by atoms with Crippen LogP contribution < -0.4 is 23.8 Å². The first-order valence-corrected chi connectivity index (χ1v) is 8.97. The van der Waals surface area contributed by atoms with Crippen molar-refractivity contribution in [1.82, 2.24) is 9.97 Å². The van der Waals surface area contributed by atoms with Crippen molar-refractivity contribution in [1.29, 1.82) is 0 Å². The van der Waals surface area contributed by atoms with E-state index in [1.54, 1.807) is 13.0 Å². The molecule has 12 heteroatoms. The van der Waals surface area contributed by atoms with Crippen molar-refractivity contribution in [2.75, 3.05) is 30.4 Å². The molecule has 0 radical (unpaired) electrons. The Balaban J connectivity index is 2.43. The molecule has 1 aromatic heterocycles. The Kier molecular flexibility index (Phi) is 6.36. The Hall–Kier alpha value is -3.12. The van der Waals surface area contributed by atoms with Crippen LogP contribution in [0, 0.1) is 0 Å². The molecule has 0 saturated heterocycles. The van der Waals surface area contributed by atoms with E-state index in [9.17, 15) is 17.8 Å². The van der Waals surface area contributed by atoms with Crippen LogP contribution in [0.15, 0.2) is 30.3 Å². The van der Waals surface area contributed by atoms with Gasteiger partial charge in [-0.1, -0.05) is 12.1 Å². The van der Waals surface area contributed by atoms with Gasteiger partial charge in [-0.25, -0.2) is 4.79 Å². The maximum atomic E-state index is 12.6. The molecule has 27 heavy (non-hydrogen) atoms. The minimum atomic E-state index is -4.99. The number of urea groups is 1. The Labute approximate surface area is 155 Å². The largest absolute Gasteiger partial charge is 0.492 e. The third-order valence-electron chi connectivity index (χ3n) is 3.12. The summed E-state index contributed by atoms with van der Waals surface area (Å²) in [5.74, 6) is -0.0637. The lowest BCUT2D eigenvalue weighted by Gasteiger charge is -2.21. The molecule has 0 aliphatic carbocycles. The molecule has 11 nitrogen and oxygen atoms in total. The van der Waals surface area contributed by atoms with E-state index in [2.05, 4.69) is 15.3 Å². The minimum Gasteiger partial charge on any atom is -0.492 e. The van der Waals surface area contributed by atoms with Gasteiger partial charge in [0.25, 0.3) is 0 Å². The van der Waals surface area contributed by atoms with E-state index in [1.807, 2.05) is 0 Å². The number of ether oxygens (including phenoxy) is 3. The van der Waals surface area contributed by atoms with Gasteiger partial charge in [-0.15, -0.1) is 0 Å². The smallest absolute Gasteiger partial charge is 0.368 e. The maximum Gasteiger partial charge on any atom is 0.368 e. The first-order valence-electron chi connectivity index (χ1n) is 7.57. The number of rotatable bonds is 7. The van der Waals surface area contributed by atoms with Crippen molar-refractivity contribution >= 4 is 28.0 Å². The molecule has 0 aliphatic rings. The van der Waals surface area contributed by atoms with Gasteiger partial charge in [0.2, 0.25) is 17.7 Å². The summed E-state index contributed by atoms with van der Waals surface area (Å²) in [7, 11) is -2.30. The lowest BCUT2D eigenvalue weighted by molar-refractivity contribution is 0.258. The molecular weight excluding hydrogens is 380 g/mol. The summed E-state index contributed by atoms with van der Waals surface area (Å²) in [5.41, 5.74) is -0.186. The molecule has 2 aromatic rings. The van der Waals surface area contributed by atoms with Crippen molar-refractivity contribution < 1.29 is 32.0 Å². The van der Waals surface area contributed by atoms with Gasteiger partial charge >= 0.3 is 16.3 Å². The molecule has 2 rings (SSSR count). The Morgan fingerprint density at radius 1 is 1.19 bits per heavy atom. The van der Waals surface area contributed by atoms with Crippen LogP contribution in [0.5, 0.6) is 17.5 Å². The fraction of sp³-hybridized carbons (Fsp3) is 0.267. The number of hydrogen-bond donors (Lipinski definition) is 2. The van der Waals surface area contributed by atoms with Gasteiger partial charge in [-0.05, 0) is 19.1 Å². The Morgan fingerprint density at radius 3 is 2.30 bits per heavy atom. The van der Waals surface area contributed by atoms with Gasteiger partial charge < -0.3 is 14.2 Å². The van der Waals surface area contributed by atoms with Crippen LogP contribution in [0.3, 0.4) is 0 Å². The molecule has 0 aliphatic heterocycles. The zero-order valence-electron chi connectivity index (χ0n) is 14.7. The van der Waals surface area contributed by atoms with Gasteiger partial charge in [-0.3, -0.25) is 9.87 Å². The molecule has 0 fully saturated rings. The van der Waals surface area contributed by atoms with Crippen LogP contribution in [0.1, 0.15) is 6.92 Å². The second-order valence-corrected chi connectivity index (χ2v) is 6.11. The van der Waals surface area contributed by atoms with Crippen LogP contribution >= 0.6 is 0 Å². The fourth-order valence-corrected chi connectivity index (χ4v) is 2.71. The summed E-state index contributed by atoms with van der Waals surface area (Å²) in [6.07, 6.45) is 0. The minimum absolute atomic E-state index is 0.0743. The summed E-state index contributed by atoms with van der Waals surface area (Å²) < 4.78 is 48.6. The van der Waals surface area contributed by atoms with E-state index in [4.69, 9.17) is 14.2 Å².